The molecule has 0 amide bonds. The Hall–Kier alpha value is -0.260. The number of halogens is 4. The minimum atomic E-state index is -4.08. The maximum atomic E-state index is 12.0. The first kappa shape index (κ1) is 12.2. The van der Waals surface area contributed by atoms with E-state index in [1.807, 2.05) is 6.07 Å². The van der Waals surface area contributed by atoms with Gasteiger partial charge in [-0.05, 0) is 24.5 Å². The van der Waals surface area contributed by atoms with Crippen LogP contribution in [0.25, 0.3) is 0 Å². The summed E-state index contributed by atoms with van der Waals surface area (Å²) >= 11 is 7.38. The summed E-state index contributed by atoms with van der Waals surface area (Å²) in [7, 11) is 0. The molecule has 0 fully saturated rings. The molecule has 1 aliphatic rings. The molecule has 1 aromatic rings. The van der Waals surface area contributed by atoms with Crippen molar-refractivity contribution in [2.45, 2.75) is 31.5 Å². The lowest BCUT2D eigenvalue weighted by Crippen LogP contribution is -2.24. The third kappa shape index (κ3) is 2.90. The van der Waals surface area contributed by atoms with Crippen molar-refractivity contribution in [3.8, 4) is 0 Å². The highest BCUT2D eigenvalue weighted by atomic mass is 35.5. The fourth-order valence-corrected chi connectivity index (χ4v) is 3.29. The van der Waals surface area contributed by atoms with E-state index in [0.717, 1.165) is 18.4 Å². The van der Waals surface area contributed by atoms with Crippen LogP contribution in [0, 0.1) is 0 Å². The van der Waals surface area contributed by atoms with Crippen molar-refractivity contribution >= 4 is 22.9 Å². The van der Waals surface area contributed by atoms with Gasteiger partial charge in [-0.15, -0.1) is 11.3 Å². The van der Waals surface area contributed by atoms with Crippen molar-refractivity contribution < 1.29 is 13.2 Å². The largest absolute Gasteiger partial charge is 0.390 e. The van der Waals surface area contributed by atoms with Gasteiger partial charge in [0.05, 0.1) is 10.8 Å². The SMILES string of the molecule is FC(F)(F)CCNC1CCc2sc(Cl)cc21. The molecule has 0 aliphatic heterocycles. The molecule has 0 saturated heterocycles. The Morgan fingerprint density at radius 1 is 1.50 bits per heavy atom. The Bertz CT molecular complexity index is 375. The summed E-state index contributed by atoms with van der Waals surface area (Å²) in [5.41, 5.74) is 1.08. The summed E-state index contributed by atoms with van der Waals surface area (Å²) in [5, 5.41) is 2.94. The van der Waals surface area contributed by atoms with Gasteiger partial charge in [-0.1, -0.05) is 11.6 Å². The molecule has 1 heterocycles. The lowest BCUT2D eigenvalue weighted by atomic mass is 10.2. The molecule has 0 spiro atoms. The predicted molar refractivity (Wildman–Crippen MR) is 59.1 cm³/mol. The van der Waals surface area contributed by atoms with E-state index in [1.165, 1.54) is 16.2 Å². The lowest BCUT2D eigenvalue weighted by Gasteiger charge is -2.13. The molecule has 16 heavy (non-hydrogen) atoms. The summed E-state index contributed by atoms with van der Waals surface area (Å²) in [6.07, 6.45) is -3.08. The number of hydrogen-bond acceptors (Lipinski definition) is 2. The first-order valence-electron chi connectivity index (χ1n) is 5.04. The summed E-state index contributed by atoms with van der Waals surface area (Å²) in [5.74, 6) is 0. The average molecular weight is 270 g/mol. The van der Waals surface area contributed by atoms with Crippen LogP contribution in [0.3, 0.4) is 0 Å². The number of hydrogen-bond donors (Lipinski definition) is 1. The third-order valence-corrected chi connectivity index (χ3v) is 3.99. The second-order valence-electron chi connectivity index (χ2n) is 3.84. The molecule has 90 valence electrons. The zero-order chi connectivity index (χ0) is 11.8. The zero-order valence-electron chi connectivity index (χ0n) is 8.40. The Labute approximate surface area is 101 Å². The van der Waals surface area contributed by atoms with Crippen LogP contribution in [0.5, 0.6) is 0 Å². The van der Waals surface area contributed by atoms with Gasteiger partial charge in [0.2, 0.25) is 0 Å². The smallest absolute Gasteiger partial charge is 0.310 e. The number of fused-ring (bicyclic) bond motifs is 1. The molecule has 6 heteroatoms. The molecule has 2 rings (SSSR count). The number of aryl methyl sites for hydroxylation is 1. The van der Waals surface area contributed by atoms with Crippen molar-refractivity contribution in [2.24, 2.45) is 0 Å². The van der Waals surface area contributed by atoms with Crippen LogP contribution < -0.4 is 5.32 Å². The minimum Gasteiger partial charge on any atom is -0.310 e. The maximum absolute atomic E-state index is 12.0. The van der Waals surface area contributed by atoms with Crippen molar-refractivity contribution in [3.05, 3.63) is 20.8 Å². The predicted octanol–water partition coefficient (Wildman–Crippen LogP) is 3.93. The van der Waals surface area contributed by atoms with E-state index in [-0.39, 0.29) is 12.6 Å². The van der Waals surface area contributed by atoms with Gasteiger partial charge in [-0.2, -0.15) is 13.2 Å². The molecule has 1 aliphatic carbocycles. The molecule has 1 N–H and O–H groups in total. The van der Waals surface area contributed by atoms with E-state index in [1.54, 1.807) is 0 Å². The summed E-state index contributed by atoms with van der Waals surface area (Å²) < 4.78 is 36.6. The van der Waals surface area contributed by atoms with Gasteiger partial charge in [-0.3, -0.25) is 0 Å². The topological polar surface area (TPSA) is 12.0 Å². The molecule has 1 atom stereocenters. The summed E-state index contributed by atoms with van der Waals surface area (Å²) in [6, 6.07) is 1.90. The molecule has 1 aromatic heterocycles. The Morgan fingerprint density at radius 2 is 2.25 bits per heavy atom. The van der Waals surface area contributed by atoms with E-state index in [2.05, 4.69) is 5.32 Å². The van der Waals surface area contributed by atoms with Crippen molar-refractivity contribution in [2.75, 3.05) is 6.54 Å². The second kappa shape index (κ2) is 4.55. The fourth-order valence-electron chi connectivity index (χ4n) is 1.93. The molecular formula is C10H11ClF3NS. The molecule has 0 radical (unpaired) electrons. The third-order valence-electron chi connectivity index (χ3n) is 2.65. The number of alkyl halides is 3. The second-order valence-corrected chi connectivity index (χ2v) is 5.61. The van der Waals surface area contributed by atoms with Crippen LogP contribution in [-0.4, -0.2) is 12.7 Å². The fraction of sp³-hybridized carbons (Fsp3) is 0.600. The van der Waals surface area contributed by atoms with Crippen molar-refractivity contribution in [3.63, 3.8) is 0 Å². The van der Waals surface area contributed by atoms with Crippen LogP contribution in [0.1, 0.15) is 29.3 Å². The highest BCUT2D eigenvalue weighted by Crippen LogP contribution is 2.39. The van der Waals surface area contributed by atoms with E-state index < -0.39 is 12.6 Å². The van der Waals surface area contributed by atoms with Gasteiger partial charge in [0.15, 0.2) is 0 Å². The average Bonchev–Trinajstić information content (AvgIpc) is 2.64. The highest BCUT2D eigenvalue weighted by Gasteiger charge is 2.29. The highest BCUT2D eigenvalue weighted by molar-refractivity contribution is 7.16. The number of rotatable bonds is 3. The Kier molecular flexibility index (Phi) is 3.47. The van der Waals surface area contributed by atoms with Crippen molar-refractivity contribution in [1.82, 2.24) is 5.32 Å². The Morgan fingerprint density at radius 3 is 2.94 bits per heavy atom. The monoisotopic (exact) mass is 269 g/mol. The van der Waals surface area contributed by atoms with Gasteiger partial charge < -0.3 is 5.32 Å². The molecule has 1 nitrogen and oxygen atoms in total. The lowest BCUT2D eigenvalue weighted by molar-refractivity contribution is -0.133. The molecule has 0 saturated carbocycles. The van der Waals surface area contributed by atoms with E-state index in [0.29, 0.717) is 4.34 Å². The number of thiophene rings is 1. The first-order valence-corrected chi connectivity index (χ1v) is 6.23. The molecule has 0 aromatic carbocycles. The van der Waals surface area contributed by atoms with Gasteiger partial charge in [0.25, 0.3) is 0 Å². The van der Waals surface area contributed by atoms with Crippen LogP contribution in [0.15, 0.2) is 6.07 Å². The van der Waals surface area contributed by atoms with Crippen LogP contribution in [0.2, 0.25) is 4.34 Å². The van der Waals surface area contributed by atoms with Crippen LogP contribution in [-0.2, 0) is 6.42 Å². The quantitative estimate of drug-likeness (QED) is 0.877. The Balaban J connectivity index is 1.88. The van der Waals surface area contributed by atoms with Gasteiger partial charge in [-0.25, -0.2) is 0 Å². The first-order chi connectivity index (χ1) is 7.46. The van der Waals surface area contributed by atoms with E-state index in [4.69, 9.17) is 11.6 Å². The zero-order valence-corrected chi connectivity index (χ0v) is 9.98. The van der Waals surface area contributed by atoms with E-state index >= 15 is 0 Å². The minimum absolute atomic E-state index is 0.0267. The summed E-state index contributed by atoms with van der Waals surface area (Å²) in [6.45, 7) is -0.0267. The molecule has 1 unspecified atom stereocenters. The standard InChI is InChI=1S/C10H11ClF3NS/c11-9-5-6-7(1-2-8(6)16-9)15-4-3-10(12,13)14/h5,7,15H,1-4H2. The van der Waals surface area contributed by atoms with Crippen molar-refractivity contribution in [1.29, 1.82) is 0 Å². The maximum Gasteiger partial charge on any atom is 0.390 e. The van der Waals surface area contributed by atoms with E-state index in [9.17, 15) is 13.2 Å². The normalized spacial score (nSPS) is 20.1. The van der Waals surface area contributed by atoms with Crippen LogP contribution >= 0.6 is 22.9 Å². The van der Waals surface area contributed by atoms with Gasteiger partial charge >= 0.3 is 6.18 Å². The van der Waals surface area contributed by atoms with Gasteiger partial charge in [0, 0.05) is 17.5 Å². The molecule has 0 bridgehead atoms. The number of nitrogens with one attached hydrogen (secondary N) is 1. The summed E-state index contributed by atoms with van der Waals surface area (Å²) in [4.78, 5) is 1.20. The van der Waals surface area contributed by atoms with Crippen LogP contribution in [0.4, 0.5) is 13.2 Å². The molecular weight excluding hydrogens is 259 g/mol. The van der Waals surface area contributed by atoms with Gasteiger partial charge in [0.1, 0.15) is 0 Å².